The van der Waals surface area contributed by atoms with Crippen molar-refractivity contribution in [2.75, 3.05) is 13.2 Å². The first-order valence-electron chi connectivity index (χ1n) is 7.41. The highest BCUT2D eigenvalue weighted by Crippen LogP contribution is 2.22. The molecule has 2 aromatic heterocycles. The molecule has 1 amide bonds. The zero-order valence-electron chi connectivity index (χ0n) is 13.5. The average molecular weight is 326 g/mol. The van der Waals surface area contributed by atoms with E-state index in [-0.39, 0.29) is 12.5 Å². The Hall–Kier alpha value is -3.14. The summed E-state index contributed by atoms with van der Waals surface area (Å²) in [4.78, 5) is 28.0. The summed E-state index contributed by atoms with van der Waals surface area (Å²) in [6, 6.07) is 5.43. The molecule has 2 rings (SSSR count). The largest absolute Gasteiger partial charge is 0.452 e. The summed E-state index contributed by atoms with van der Waals surface area (Å²) >= 11 is 0. The third-order valence-electron chi connectivity index (χ3n) is 3.16. The molecule has 124 valence electrons. The van der Waals surface area contributed by atoms with Gasteiger partial charge < -0.3 is 10.1 Å². The quantitative estimate of drug-likeness (QED) is 0.639. The van der Waals surface area contributed by atoms with Gasteiger partial charge in [-0.15, -0.1) is 6.42 Å². The Bertz CT molecular complexity index is 760. The number of aromatic nitrogens is 3. The van der Waals surface area contributed by atoms with E-state index in [0.717, 1.165) is 0 Å². The van der Waals surface area contributed by atoms with Crippen LogP contribution in [0.3, 0.4) is 0 Å². The smallest absolute Gasteiger partial charge is 0.342 e. The number of carbonyl (C=O) groups is 2. The zero-order chi connectivity index (χ0) is 17.5. The Morgan fingerprint density at radius 2 is 2.21 bits per heavy atom. The highest BCUT2D eigenvalue weighted by Gasteiger charge is 2.22. The van der Waals surface area contributed by atoms with Gasteiger partial charge in [0.2, 0.25) is 0 Å². The molecule has 7 nitrogen and oxygen atoms in total. The third kappa shape index (κ3) is 3.98. The maximum Gasteiger partial charge on any atom is 0.342 e. The Labute approximate surface area is 140 Å². The minimum atomic E-state index is -0.614. The van der Waals surface area contributed by atoms with Gasteiger partial charge in [-0.25, -0.2) is 14.5 Å². The molecule has 0 atom stereocenters. The predicted molar refractivity (Wildman–Crippen MR) is 87.6 cm³/mol. The minimum Gasteiger partial charge on any atom is -0.452 e. The van der Waals surface area contributed by atoms with Crippen LogP contribution in [0.2, 0.25) is 0 Å². The molecule has 0 aromatic carbocycles. The van der Waals surface area contributed by atoms with E-state index in [1.807, 2.05) is 19.9 Å². The maximum absolute atomic E-state index is 12.3. The van der Waals surface area contributed by atoms with E-state index in [1.54, 1.807) is 23.0 Å². The van der Waals surface area contributed by atoms with Crippen molar-refractivity contribution < 1.29 is 14.3 Å². The molecule has 2 heterocycles. The molecule has 0 unspecified atom stereocenters. The molecule has 24 heavy (non-hydrogen) atoms. The summed E-state index contributed by atoms with van der Waals surface area (Å²) in [5.74, 6) is 1.81. The highest BCUT2D eigenvalue weighted by molar-refractivity contribution is 5.92. The standard InChI is InChI=1S/C17H18N4O3/c1-4-8-19-15(22)11-24-17(23)13-10-20-21(16(13)12(2)3)14-7-5-6-9-18-14/h1,5-7,9-10,12H,8,11H2,2-3H3,(H,19,22). The van der Waals surface area contributed by atoms with Gasteiger partial charge in [0.25, 0.3) is 5.91 Å². The summed E-state index contributed by atoms with van der Waals surface area (Å²) in [5.41, 5.74) is 0.975. The lowest BCUT2D eigenvalue weighted by atomic mass is 10.1. The number of nitrogens with one attached hydrogen (secondary N) is 1. The first-order chi connectivity index (χ1) is 11.5. The number of hydrogen-bond donors (Lipinski definition) is 1. The Kier molecular flexibility index (Phi) is 5.68. The molecule has 0 aliphatic heterocycles. The fourth-order valence-corrected chi connectivity index (χ4v) is 2.14. The van der Waals surface area contributed by atoms with Crippen LogP contribution in [0.25, 0.3) is 5.82 Å². The second kappa shape index (κ2) is 7.92. The van der Waals surface area contributed by atoms with Crippen LogP contribution in [0.15, 0.2) is 30.6 Å². The lowest BCUT2D eigenvalue weighted by Gasteiger charge is -2.11. The second-order valence-corrected chi connectivity index (χ2v) is 5.25. The number of ether oxygens (including phenoxy) is 1. The summed E-state index contributed by atoms with van der Waals surface area (Å²) < 4.78 is 6.63. The molecule has 0 fully saturated rings. The van der Waals surface area contributed by atoms with Crippen LogP contribution in [-0.2, 0) is 9.53 Å². The van der Waals surface area contributed by atoms with E-state index in [0.29, 0.717) is 17.1 Å². The van der Waals surface area contributed by atoms with Gasteiger partial charge in [0.05, 0.1) is 18.4 Å². The molecule has 7 heteroatoms. The van der Waals surface area contributed by atoms with Gasteiger partial charge in [0.15, 0.2) is 12.4 Å². The molecule has 0 saturated carbocycles. The number of rotatable bonds is 6. The van der Waals surface area contributed by atoms with Crippen molar-refractivity contribution in [1.82, 2.24) is 20.1 Å². The summed E-state index contributed by atoms with van der Waals surface area (Å²) in [5, 5.41) is 6.66. The van der Waals surface area contributed by atoms with E-state index in [2.05, 4.69) is 21.3 Å². The van der Waals surface area contributed by atoms with Crippen LogP contribution in [0.5, 0.6) is 0 Å². The predicted octanol–water partition coefficient (Wildman–Crippen LogP) is 1.30. The zero-order valence-corrected chi connectivity index (χ0v) is 13.5. The van der Waals surface area contributed by atoms with Crippen molar-refractivity contribution in [2.24, 2.45) is 0 Å². The van der Waals surface area contributed by atoms with Crippen LogP contribution < -0.4 is 5.32 Å². The Morgan fingerprint density at radius 3 is 2.83 bits per heavy atom. The lowest BCUT2D eigenvalue weighted by molar-refractivity contribution is -0.123. The SMILES string of the molecule is C#CCNC(=O)COC(=O)c1cnn(-c2ccccn2)c1C(C)C. The maximum atomic E-state index is 12.3. The van der Waals surface area contributed by atoms with Gasteiger partial charge in [-0.2, -0.15) is 5.10 Å². The average Bonchev–Trinajstić information content (AvgIpc) is 3.04. The third-order valence-corrected chi connectivity index (χ3v) is 3.16. The van der Waals surface area contributed by atoms with Crippen LogP contribution >= 0.6 is 0 Å². The number of amides is 1. The van der Waals surface area contributed by atoms with Gasteiger partial charge in [-0.1, -0.05) is 25.8 Å². The van der Waals surface area contributed by atoms with E-state index < -0.39 is 18.5 Å². The van der Waals surface area contributed by atoms with Gasteiger partial charge in [0, 0.05) is 6.20 Å². The number of nitrogens with zero attached hydrogens (tertiary/aromatic N) is 3. The number of carbonyl (C=O) groups excluding carboxylic acids is 2. The van der Waals surface area contributed by atoms with Crippen molar-refractivity contribution in [1.29, 1.82) is 0 Å². The summed E-state index contributed by atoms with van der Waals surface area (Å²) in [6.07, 6.45) is 8.12. The molecule has 1 N–H and O–H groups in total. The fourth-order valence-electron chi connectivity index (χ4n) is 2.14. The van der Waals surface area contributed by atoms with Crippen molar-refractivity contribution >= 4 is 11.9 Å². The Balaban J connectivity index is 2.19. The summed E-state index contributed by atoms with van der Waals surface area (Å²) in [6.45, 7) is 3.57. The number of hydrogen-bond acceptors (Lipinski definition) is 5. The van der Waals surface area contributed by atoms with E-state index in [9.17, 15) is 9.59 Å². The molecule has 0 bridgehead atoms. The second-order valence-electron chi connectivity index (χ2n) is 5.25. The fraction of sp³-hybridized carbons (Fsp3) is 0.294. The molecular weight excluding hydrogens is 308 g/mol. The molecule has 0 aliphatic carbocycles. The number of terminal acetylenes is 1. The van der Waals surface area contributed by atoms with E-state index in [1.165, 1.54) is 6.20 Å². The molecule has 0 radical (unpaired) electrons. The topological polar surface area (TPSA) is 86.1 Å². The normalized spacial score (nSPS) is 10.2. The molecule has 2 aromatic rings. The minimum absolute atomic E-state index is 0.00678. The van der Waals surface area contributed by atoms with E-state index >= 15 is 0 Å². The van der Waals surface area contributed by atoms with Gasteiger partial charge in [-0.3, -0.25) is 4.79 Å². The summed E-state index contributed by atoms with van der Waals surface area (Å²) in [7, 11) is 0. The highest BCUT2D eigenvalue weighted by atomic mass is 16.5. The van der Waals surface area contributed by atoms with Crippen LogP contribution in [0, 0.1) is 12.3 Å². The van der Waals surface area contributed by atoms with Gasteiger partial charge in [0.1, 0.15) is 5.56 Å². The monoisotopic (exact) mass is 326 g/mol. The lowest BCUT2D eigenvalue weighted by Crippen LogP contribution is -2.29. The van der Waals surface area contributed by atoms with Gasteiger partial charge >= 0.3 is 5.97 Å². The van der Waals surface area contributed by atoms with Crippen molar-refractivity contribution in [3.63, 3.8) is 0 Å². The van der Waals surface area contributed by atoms with E-state index in [4.69, 9.17) is 11.2 Å². The molecular formula is C17H18N4O3. The number of esters is 1. The molecule has 0 aliphatic rings. The molecule has 0 saturated heterocycles. The first kappa shape index (κ1) is 17.2. The Morgan fingerprint density at radius 1 is 1.42 bits per heavy atom. The van der Waals surface area contributed by atoms with Crippen molar-refractivity contribution in [3.8, 4) is 18.2 Å². The van der Waals surface area contributed by atoms with Crippen molar-refractivity contribution in [2.45, 2.75) is 19.8 Å². The van der Waals surface area contributed by atoms with Gasteiger partial charge in [-0.05, 0) is 18.1 Å². The molecule has 0 spiro atoms. The van der Waals surface area contributed by atoms with Crippen molar-refractivity contribution in [3.05, 3.63) is 41.9 Å². The van der Waals surface area contributed by atoms with Crippen LogP contribution in [0.1, 0.15) is 35.8 Å². The number of pyridine rings is 1. The van der Waals surface area contributed by atoms with Crippen LogP contribution in [0.4, 0.5) is 0 Å². The van der Waals surface area contributed by atoms with Crippen LogP contribution in [-0.4, -0.2) is 39.8 Å². The first-order valence-corrected chi connectivity index (χ1v) is 7.41.